The zero-order chi connectivity index (χ0) is 21.2. The summed E-state index contributed by atoms with van der Waals surface area (Å²) in [5.41, 5.74) is 1.08. The van der Waals surface area contributed by atoms with Crippen molar-refractivity contribution in [1.82, 2.24) is 0 Å². The Morgan fingerprint density at radius 1 is 0.621 bits per heavy atom. The third-order valence-corrected chi connectivity index (χ3v) is 6.36. The predicted octanol–water partition coefficient (Wildman–Crippen LogP) is 9.09. The molecule has 0 saturated heterocycles. The molecule has 1 aromatic rings. The lowest BCUT2D eigenvalue weighted by molar-refractivity contribution is 0.295. The summed E-state index contributed by atoms with van der Waals surface area (Å²) in [6.45, 7) is 5.10. The molecule has 0 spiro atoms. The molecule has 0 aliphatic heterocycles. The van der Waals surface area contributed by atoms with Gasteiger partial charge in [0.1, 0.15) is 5.76 Å². The summed E-state index contributed by atoms with van der Waals surface area (Å²) in [6, 6.07) is 0. The van der Waals surface area contributed by atoms with E-state index in [-0.39, 0.29) is 0 Å². The summed E-state index contributed by atoms with van der Waals surface area (Å²) < 4.78 is 11.7. The molecule has 0 aromatic carbocycles. The average molecular weight is 443 g/mol. The molecule has 1 heterocycles. The molecule has 0 saturated carbocycles. The van der Waals surface area contributed by atoms with Crippen molar-refractivity contribution in [3.05, 3.63) is 17.1 Å². The van der Waals surface area contributed by atoms with E-state index in [1.807, 2.05) is 6.92 Å². The number of rotatable bonds is 20. The number of hydrogen-bond donors (Lipinski definition) is 2. The van der Waals surface area contributed by atoms with Gasteiger partial charge in [-0.2, -0.15) is 25.3 Å². The van der Waals surface area contributed by atoms with Crippen molar-refractivity contribution in [2.75, 3.05) is 6.61 Å². The largest absolute Gasteiger partial charge is 0.490 e. The number of hydrogen-bond acceptors (Lipinski definition) is 4. The third-order valence-electron chi connectivity index (χ3n) is 5.79. The number of unbranched alkanes of at least 4 members (excludes halogenated alkanes) is 15. The first-order chi connectivity index (χ1) is 14.2. The first kappa shape index (κ1) is 26.8. The topological polar surface area (TPSA) is 22.4 Å². The highest BCUT2D eigenvalue weighted by Crippen LogP contribution is 2.32. The molecule has 0 N–H and O–H groups in total. The van der Waals surface area contributed by atoms with E-state index in [1.54, 1.807) is 0 Å². The Balaban J connectivity index is 1.88. The molecule has 29 heavy (non-hydrogen) atoms. The van der Waals surface area contributed by atoms with E-state index < -0.39 is 0 Å². The van der Waals surface area contributed by atoms with Gasteiger partial charge in [0, 0.05) is 11.3 Å². The second-order valence-corrected chi connectivity index (χ2v) is 9.00. The van der Waals surface area contributed by atoms with Crippen LogP contribution in [-0.4, -0.2) is 6.61 Å². The minimum atomic E-state index is 0.572. The molecule has 1 aromatic heterocycles. The molecule has 0 amide bonds. The first-order valence-electron chi connectivity index (χ1n) is 12.2. The summed E-state index contributed by atoms with van der Waals surface area (Å²) in [5, 5.41) is 0. The third kappa shape index (κ3) is 12.3. The SMILES string of the molecule is CCCCCCCCCCCCCCCCCCOc1c(CS)oc(CS)c1C. The fourth-order valence-corrected chi connectivity index (χ4v) is 4.39. The Bertz CT molecular complexity index is 499. The van der Waals surface area contributed by atoms with Crippen molar-refractivity contribution >= 4 is 25.3 Å². The molecule has 0 unspecified atom stereocenters. The highest BCUT2D eigenvalue weighted by Gasteiger charge is 2.16. The lowest BCUT2D eigenvalue weighted by Crippen LogP contribution is -1.99. The fourth-order valence-electron chi connectivity index (χ4n) is 3.88. The molecule has 0 fully saturated rings. The van der Waals surface area contributed by atoms with Crippen LogP contribution in [0.1, 0.15) is 127 Å². The van der Waals surface area contributed by atoms with Crippen LogP contribution in [0.15, 0.2) is 4.42 Å². The fraction of sp³-hybridized carbons (Fsp3) is 0.840. The highest BCUT2D eigenvalue weighted by molar-refractivity contribution is 7.79. The second-order valence-electron chi connectivity index (χ2n) is 8.37. The van der Waals surface area contributed by atoms with Crippen molar-refractivity contribution < 1.29 is 9.15 Å². The monoisotopic (exact) mass is 442 g/mol. The molecule has 0 aliphatic rings. The molecule has 0 bridgehead atoms. The molecule has 170 valence electrons. The Kier molecular flexibility index (Phi) is 17.1. The van der Waals surface area contributed by atoms with Crippen LogP contribution < -0.4 is 4.74 Å². The molecule has 2 nitrogen and oxygen atoms in total. The van der Waals surface area contributed by atoms with Gasteiger partial charge in [-0.15, -0.1) is 0 Å². The molecular formula is C25H46O2S2. The van der Waals surface area contributed by atoms with Crippen LogP contribution in [0.2, 0.25) is 0 Å². The van der Waals surface area contributed by atoms with E-state index in [0.29, 0.717) is 11.5 Å². The van der Waals surface area contributed by atoms with Crippen molar-refractivity contribution in [1.29, 1.82) is 0 Å². The van der Waals surface area contributed by atoms with Gasteiger partial charge in [0.15, 0.2) is 11.5 Å². The van der Waals surface area contributed by atoms with Crippen LogP contribution in [0.5, 0.6) is 5.75 Å². The zero-order valence-corrected chi connectivity index (χ0v) is 20.9. The van der Waals surface area contributed by atoms with Crippen molar-refractivity contribution in [2.24, 2.45) is 0 Å². The van der Waals surface area contributed by atoms with Gasteiger partial charge < -0.3 is 9.15 Å². The van der Waals surface area contributed by atoms with Crippen LogP contribution >= 0.6 is 25.3 Å². The molecule has 0 aliphatic carbocycles. The minimum absolute atomic E-state index is 0.572. The lowest BCUT2D eigenvalue weighted by Gasteiger charge is -2.07. The quantitative estimate of drug-likeness (QED) is 0.155. The zero-order valence-electron chi connectivity index (χ0n) is 19.1. The lowest BCUT2D eigenvalue weighted by atomic mass is 10.0. The summed E-state index contributed by atoms with van der Waals surface area (Å²) in [4.78, 5) is 0. The van der Waals surface area contributed by atoms with Gasteiger partial charge in [-0.25, -0.2) is 0 Å². The van der Waals surface area contributed by atoms with Crippen LogP contribution in [0.3, 0.4) is 0 Å². The van der Waals surface area contributed by atoms with E-state index in [2.05, 4.69) is 32.2 Å². The van der Waals surface area contributed by atoms with E-state index in [4.69, 9.17) is 9.15 Å². The first-order valence-corrected chi connectivity index (χ1v) is 13.5. The van der Waals surface area contributed by atoms with Crippen LogP contribution in [0.4, 0.5) is 0 Å². The Labute approximate surface area is 191 Å². The van der Waals surface area contributed by atoms with Gasteiger partial charge in [-0.1, -0.05) is 103 Å². The Hall–Kier alpha value is -0.220. The molecule has 4 heteroatoms. The maximum absolute atomic E-state index is 5.98. The van der Waals surface area contributed by atoms with Gasteiger partial charge in [0.05, 0.1) is 12.4 Å². The molecule has 0 radical (unpaired) electrons. The van der Waals surface area contributed by atoms with E-state index in [9.17, 15) is 0 Å². The average Bonchev–Trinajstić information content (AvgIpc) is 3.05. The van der Waals surface area contributed by atoms with Gasteiger partial charge in [-0.3, -0.25) is 0 Å². The maximum Gasteiger partial charge on any atom is 0.164 e. The summed E-state index contributed by atoms with van der Waals surface area (Å²) in [7, 11) is 0. The predicted molar refractivity (Wildman–Crippen MR) is 134 cm³/mol. The number of thiol groups is 2. The van der Waals surface area contributed by atoms with Crippen molar-refractivity contribution in [3.8, 4) is 5.75 Å². The summed E-state index contributed by atoms with van der Waals surface area (Å²) in [5.74, 6) is 3.81. The van der Waals surface area contributed by atoms with Crippen molar-refractivity contribution in [2.45, 2.75) is 128 Å². The van der Waals surface area contributed by atoms with Gasteiger partial charge in [-0.05, 0) is 13.3 Å². The van der Waals surface area contributed by atoms with Gasteiger partial charge >= 0.3 is 0 Å². The second kappa shape index (κ2) is 18.5. The van der Waals surface area contributed by atoms with Gasteiger partial charge in [0.2, 0.25) is 0 Å². The highest BCUT2D eigenvalue weighted by atomic mass is 32.1. The normalized spacial score (nSPS) is 11.3. The molecular weight excluding hydrogens is 396 g/mol. The molecule has 1 rings (SSSR count). The standard InChI is InChI=1S/C25H46O2S2/c1-3-4-5-6-7-8-9-10-11-12-13-14-15-16-17-18-19-26-25-22(2)23(20-28)27-24(25)21-29/h28-29H,3-21H2,1-2H3. The van der Waals surface area contributed by atoms with Gasteiger partial charge in [0.25, 0.3) is 0 Å². The molecule has 0 atom stereocenters. The van der Waals surface area contributed by atoms with E-state index in [1.165, 1.54) is 96.3 Å². The number of ether oxygens (including phenoxy) is 1. The van der Waals surface area contributed by atoms with Crippen LogP contribution in [0.25, 0.3) is 0 Å². The van der Waals surface area contributed by atoms with Crippen LogP contribution in [0, 0.1) is 6.92 Å². The van der Waals surface area contributed by atoms with E-state index >= 15 is 0 Å². The van der Waals surface area contributed by atoms with E-state index in [0.717, 1.165) is 35.9 Å². The Morgan fingerprint density at radius 2 is 1.03 bits per heavy atom. The van der Waals surface area contributed by atoms with Crippen molar-refractivity contribution in [3.63, 3.8) is 0 Å². The Morgan fingerprint density at radius 3 is 1.45 bits per heavy atom. The summed E-state index contributed by atoms with van der Waals surface area (Å²) in [6.07, 6.45) is 22.2. The minimum Gasteiger partial charge on any atom is -0.490 e. The maximum atomic E-state index is 5.98. The van der Waals surface area contributed by atoms with Crippen LogP contribution in [-0.2, 0) is 11.5 Å². The smallest absolute Gasteiger partial charge is 0.164 e. The summed E-state index contributed by atoms with van der Waals surface area (Å²) >= 11 is 8.65. The number of furan rings is 1.